The SMILES string of the molecule is CC(CCCN)Oc1cc(Cl)ccc1Cl. The second-order valence-corrected chi connectivity index (χ2v) is 4.28. The van der Waals surface area contributed by atoms with Gasteiger partial charge in [0.15, 0.2) is 0 Å². The van der Waals surface area contributed by atoms with Gasteiger partial charge in [-0.15, -0.1) is 0 Å². The molecule has 0 saturated heterocycles. The molecule has 0 aromatic heterocycles. The van der Waals surface area contributed by atoms with Crippen molar-refractivity contribution >= 4 is 23.2 Å². The predicted octanol–water partition coefficient (Wildman–Crippen LogP) is 3.50. The van der Waals surface area contributed by atoms with E-state index in [2.05, 4.69) is 0 Å². The van der Waals surface area contributed by atoms with Crippen LogP contribution in [0, 0.1) is 0 Å². The molecule has 0 aliphatic heterocycles. The standard InChI is InChI=1S/C11H15Cl2NO/c1-8(3-2-6-14)15-11-7-9(12)4-5-10(11)13/h4-5,7-8H,2-3,6,14H2,1H3. The van der Waals surface area contributed by atoms with Gasteiger partial charge in [-0.05, 0) is 38.4 Å². The van der Waals surface area contributed by atoms with Gasteiger partial charge in [0.2, 0.25) is 0 Å². The molecule has 1 unspecified atom stereocenters. The smallest absolute Gasteiger partial charge is 0.139 e. The monoisotopic (exact) mass is 247 g/mol. The van der Waals surface area contributed by atoms with Crippen LogP contribution in [0.15, 0.2) is 18.2 Å². The van der Waals surface area contributed by atoms with Gasteiger partial charge in [-0.3, -0.25) is 0 Å². The number of nitrogens with two attached hydrogens (primary N) is 1. The predicted molar refractivity (Wildman–Crippen MR) is 64.8 cm³/mol. The van der Waals surface area contributed by atoms with E-state index in [0.29, 0.717) is 22.3 Å². The van der Waals surface area contributed by atoms with Gasteiger partial charge >= 0.3 is 0 Å². The number of benzene rings is 1. The highest BCUT2D eigenvalue weighted by Crippen LogP contribution is 2.28. The Kier molecular flexibility index (Phi) is 5.23. The lowest BCUT2D eigenvalue weighted by atomic mass is 10.2. The van der Waals surface area contributed by atoms with Crippen molar-refractivity contribution in [2.45, 2.75) is 25.9 Å². The van der Waals surface area contributed by atoms with E-state index in [1.807, 2.05) is 6.92 Å². The summed E-state index contributed by atoms with van der Waals surface area (Å²) >= 11 is 11.8. The van der Waals surface area contributed by atoms with E-state index in [1.165, 1.54) is 0 Å². The Balaban J connectivity index is 2.59. The van der Waals surface area contributed by atoms with Crippen LogP contribution in [0.1, 0.15) is 19.8 Å². The third-order valence-corrected chi connectivity index (χ3v) is 2.58. The molecule has 0 heterocycles. The van der Waals surface area contributed by atoms with Crippen molar-refractivity contribution in [2.75, 3.05) is 6.54 Å². The molecule has 0 aliphatic rings. The summed E-state index contributed by atoms with van der Waals surface area (Å²) in [7, 11) is 0. The summed E-state index contributed by atoms with van der Waals surface area (Å²) in [6, 6.07) is 5.19. The first-order valence-corrected chi connectivity index (χ1v) is 5.71. The van der Waals surface area contributed by atoms with Crippen molar-refractivity contribution in [1.29, 1.82) is 0 Å². The molecule has 0 fully saturated rings. The Morgan fingerprint density at radius 1 is 1.40 bits per heavy atom. The van der Waals surface area contributed by atoms with Crippen LogP contribution in [-0.2, 0) is 0 Å². The van der Waals surface area contributed by atoms with Crippen LogP contribution < -0.4 is 10.5 Å². The number of ether oxygens (including phenoxy) is 1. The highest BCUT2D eigenvalue weighted by molar-refractivity contribution is 6.34. The van der Waals surface area contributed by atoms with Gasteiger partial charge in [0.05, 0.1) is 11.1 Å². The molecule has 1 aromatic carbocycles. The van der Waals surface area contributed by atoms with Gasteiger partial charge in [-0.2, -0.15) is 0 Å². The van der Waals surface area contributed by atoms with Gasteiger partial charge in [0.1, 0.15) is 5.75 Å². The maximum absolute atomic E-state index is 5.97. The van der Waals surface area contributed by atoms with Crippen molar-refractivity contribution in [2.24, 2.45) is 5.73 Å². The maximum Gasteiger partial charge on any atom is 0.139 e. The minimum atomic E-state index is 0.101. The zero-order valence-corrected chi connectivity index (χ0v) is 10.2. The zero-order valence-electron chi connectivity index (χ0n) is 8.67. The second kappa shape index (κ2) is 6.21. The van der Waals surface area contributed by atoms with E-state index < -0.39 is 0 Å². The molecule has 0 bridgehead atoms. The van der Waals surface area contributed by atoms with E-state index in [4.69, 9.17) is 33.7 Å². The molecule has 0 saturated carbocycles. The molecule has 1 rings (SSSR count). The van der Waals surface area contributed by atoms with Crippen LogP contribution in [0.5, 0.6) is 5.75 Å². The van der Waals surface area contributed by atoms with Crippen LogP contribution in [0.4, 0.5) is 0 Å². The van der Waals surface area contributed by atoms with E-state index in [9.17, 15) is 0 Å². The van der Waals surface area contributed by atoms with Crippen molar-refractivity contribution in [1.82, 2.24) is 0 Å². The minimum Gasteiger partial charge on any atom is -0.489 e. The van der Waals surface area contributed by atoms with Gasteiger partial charge in [-0.1, -0.05) is 23.2 Å². The molecule has 0 radical (unpaired) electrons. The van der Waals surface area contributed by atoms with Crippen LogP contribution >= 0.6 is 23.2 Å². The average Bonchev–Trinajstić information content (AvgIpc) is 2.20. The second-order valence-electron chi connectivity index (χ2n) is 3.43. The highest BCUT2D eigenvalue weighted by Gasteiger charge is 2.07. The summed E-state index contributed by atoms with van der Waals surface area (Å²) in [4.78, 5) is 0. The lowest BCUT2D eigenvalue weighted by molar-refractivity contribution is 0.209. The third kappa shape index (κ3) is 4.29. The first-order chi connectivity index (χ1) is 7.13. The normalized spacial score (nSPS) is 12.5. The molecule has 0 amide bonds. The lowest BCUT2D eigenvalue weighted by Crippen LogP contribution is -2.14. The molecular weight excluding hydrogens is 233 g/mol. The molecule has 2 N–H and O–H groups in total. The molecule has 4 heteroatoms. The molecule has 2 nitrogen and oxygen atoms in total. The van der Waals surface area contributed by atoms with Gasteiger partial charge in [0, 0.05) is 11.1 Å². The van der Waals surface area contributed by atoms with Crippen molar-refractivity contribution < 1.29 is 4.74 Å². The van der Waals surface area contributed by atoms with Gasteiger partial charge < -0.3 is 10.5 Å². The van der Waals surface area contributed by atoms with Crippen molar-refractivity contribution in [3.05, 3.63) is 28.2 Å². The quantitative estimate of drug-likeness (QED) is 0.865. The summed E-state index contributed by atoms with van der Waals surface area (Å²) in [5.74, 6) is 0.633. The Morgan fingerprint density at radius 3 is 2.80 bits per heavy atom. The van der Waals surface area contributed by atoms with Crippen LogP contribution in [0.2, 0.25) is 10.0 Å². The van der Waals surface area contributed by atoms with Gasteiger partial charge in [-0.25, -0.2) is 0 Å². The fourth-order valence-electron chi connectivity index (χ4n) is 1.25. The van der Waals surface area contributed by atoms with Crippen molar-refractivity contribution in [3.63, 3.8) is 0 Å². The fourth-order valence-corrected chi connectivity index (χ4v) is 1.57. The molecule has 1 atom stereocenters. The van der Waals surface area contributed by atoms with E-state index >= 15 is 0 Å². The molecule has 15 heavy (non-hydrogen) atoms. The molecule has 0 spiro atoms. The molecule has 84 valence electrons. The molecular formula is C11H15Cl2NO. The van der Waals surface area contributed by atoms with Crippen LogP contribution in [0.25, 0.3) is 0 Å². The van der Waals surface area contributed by atoms with Crippen molar-refractivity contribution in [3.8, 4) is 5.75 Å². The van der Waals surface area contributed by atoms with E-state index in [1.54, 1.807) is 18.2 Å². The summed E-state index contributed by atoms with van der Waals surface area (Å²) in [6.45, 7) is 2.67. The Hall–Kier alpha value is -0.440. The highest BCUT2D eigenvalue weighted by atomic mass is 35.5. The van der Waals surface area contributed by atoms with Crippen LogP contribution in [-0.4, -0.2) is 12.6 Å². The topological polar surface area (TPSA) is 35.2 Å². The van der Waals surface area contributed by atoms with E-state index in [-0.39, 0.29) is 6.10 Å². The van der Waals surface area contributed by atoms with Crippen LogP contribution in [0.3, 0.4) is 0 Å². The molecule has 0 aliphatic carbocycles. The Bertz CT molecular complexity index is 317. The summed E-state index contributed by atoms with van der Waals surface area (Å²) < 4.78 is 5.66. The van der Waals surface area contributed by atoms with Gasteiger partial charge in [0.25, 0.3) is 0 Å². The molecule has 1 aromatic rings. The Morgan fingerprint density at radius 2 is 2.13 bits per heavy atom. The zero-order chi connectivity index (χ0) is 11.3. The largest absolute Gasteiger partial charge is 0.489 e. The summed E-state index contributed by atoms with van der Waals surface area (Å²) in [5.41, 5.74) is 5.42. The number of hydrogen-bond acceptors (Lipinski definition) is 2. The fraction of sp³-hybridized carbons (Fsp3) is 0.455. The van der Waals surface area contributed by atoms with E-state index in [0.717, 1.165) is 12.8 Å². The number of hydrogen-bond donors (Lipinski definition) is 1. The first kappa shape index (κ1) is 12.6. The maximum atomic E-state index is 5.97. The first-order valence-electron chi connectivity index (χ1n) is 4.95. The number of halogens is 2. The third-order valence-electron chi connectivity index (χ3n) is 2.04. The lowest BCUT2D eigenvalue weighted by Gasteiger charge is -2.15. The Labute approximate surface area is 100 Å². The summed E-state index contributed by atoms with van der Waals surface area (Å²) in [6.07, 6.45) is 1.96. The minimum absolute atomic E-state index is 0.101. The summed E-state index contributed by atoms with van der Waals surface area (Å²) in [5, 5.41) is 1.21. The average molecular weight is 248 g/mol. The number of rotatable bonds is 5.